The summed E-state index contributed by atoms with van der Waals surface area (Å²) in [6.07, 6.45) is 4.19. The van der Waals surface area contributed by atoms with E-state index in [2.05, 4.69) is 21.5 Å². The predicted octanol–water partition coefficient (Wildman–Crippen LogP) is 2.95. The number of nitriles is 1. The molecule has 130 valence electrons. The maximum Gasteiger partial charge on any atom is 0.220 e. The summed E-state index contributed by atoms with van der Waals surface area (Å²) in [5.74, 6) is 0.00205. The fourth-order valence-corrected chi connectivity index (χ4v) is 2.66. The maximum absolute atomic E-state index is 12.2. The minimum atomic E-state index is -0.0757. The molecule has 6 heteroatoms. The highest BCUT2D eigenvalue weighted by Crippen LogP contribution is 2.15. The number of carbonyl (C=O) groups is 1. The normalized spacial score (nSPS) is 11.5. The van der Waals surface area contributed by atoms with Crippen LogP contribution in [0.15, 0.2) is 61.2 Å². The van der Waals surface area contributed by atoms with Crippen molar-refractivity contribution in [3.8, 4) is 11.8 Å². The Balaban J connectivity index is 1.52. The van der Waals surface area contributed by atoms with Gasteiger partial charge in [-0.1, -0.05) is 24.3 Å². The number of carbonyl (C=O) groups excluding carboxylic acids is 1. The van der Waals surface area contributed by atoms with Crippen molar-refractivity contribution >= 4 is 5.91 Å². The summed E-state index contributed by atoms with van der Waals surface area (Å²) in [4.78, 5) is 16.1. The molecule has 1 heterocycles. The van der Waals surface area contributed by atoms with Gasteiger partial charge >= 0.3 is 0 Å². The zero-order valence-electron chi connectivity index (χ0n) is 14.5. The molecule has 0 aliphatic carbocycles. The molecule has 0 fully saturated rings. The Kier molecular flexibility index (Phi) is 5.40. The Bertz CT molecular complexity index is 893. The predicted molar refractivity (Wildman–Crippen MR) is 97.4 cm³/mol. The van der Waals surface area contributed by atoms with E-state index in [4.69, 9.17) is 5.26 Å². The SMILES string of the molecule is CC(NC(=O)CCc1ccc(C#N)cc1)c1ccc(-n2cncn2)cc1. The molecule has 1 atom stereocenters. The fraction of sp³-hybridized carbons (Fsp3) is 0.200. The first-order valence-corrected chi connectivity index (χ1v) is 8.39. The molecular weight excluding hydrogens is 326 g/mol. The molecule has 1 N–H and O–H groups in total. The number of nitrogens with one attached hydrogen (secondary N) is 1. The monoisotopic (exact) mass is 345 g/mol. The Hall–Kier alpha value is -3.46. The van der Waals surface area contributed by atoms with Crippen molar-refractivity contribution in [1.82, 2.24) is 20.1 Å². The molecule has 3 aromatic rings. The smallest absolute Gasteiger partial charge is 0.220 e. The van der Waals surface area contributed by atoms with Gasteiger partial charge in [-0.15, -0.1) is 0 Å². The van der Waals surface area contributed by atoms with Crippen LogP contribution in [0.3, 0.4) is 0 Å². The number of rotatable bonds is 6. The van der Waals surface area contributed by atoms with Crippen LogP contribution < -0.4 is 5.32 Å². The molecule has 0 radical (unpaired) electrons. The van der Waals surface area contributed by atoms with Gasteiger partial charge in [0.15, 0.2) is 0 Å². The van der Waals surface area contributed by atoms with Gasteiger partial charge < -0.3 is 5.32 Å². The topological polar surface area (TPSA) is 83.6 Å². The molecule has 1 unspecified atom stereocenters. The van der Waals surface area contributed by atoms with Crippen LogP contribution in [0.2, 0.25) is 0 Å². The van der Waals surface area contributed by atoms with E-state index < -0.39 is 0 Å². The standard InChI is InChI=1S/C20H19N5O/c1-15(18-7-9-19(10-8-18)25-14-22-13-23-25)24-20(26)11-6-16-2-4-17(12-21)5-3-16/h2-5,7-10,13-15H,6,11H2,1H3,(H,24,26). The Morgan fingerprint density at radius 2 is 1.92 bits per heavy atom. The highest BCUT2D eigenvalue weighted by molar-refractivity contribution is 5.76. The molecule has 6 nitrogen and oxygen atoms in total. The van der Waals surface area contributed by atoms with E-state index in [0.29, 0.717) is 18.4 Å². The third kappa shape index (κ3) is 4.33. The Morgan fingerprint density at radius 1 is 1.19 bits per heavy atom. The van der Waals surface area contributed by atoms with Gasteiger partial charge in [-0.3, -0.25) is 4.79 Å². The van der Waals surface area contributed by atoms with Crippen LogP contribution in [-0.4, -0.2) is 20.7 Å². The van der Waals surface area contributed by atoms with Crippen molar-refractivity contribution in [2.24, 2.45) is 0 Å². The summed E-state index contributed by atoms with van der Waals surface area (Å²) in [7, 11) is 0. The summed E-state index contributed by atoms with van der Waals surface area (Å²) in [6.45, 7) is 1.96. The molecule has 0 saturated heterocycles. The second-order valence-corrected chi connectivity index (χ2v) is 6.03. The molecule has 0 saturated carbocycles. The van der Waals surface area contributed by atoms with E-state index in [1.165, 1.54) is 6.33 Å². The molecule has 3 rings (SSSR count). The van der Waals surface area contributed by atoms with Gasteiger partial charge in [-0.05, 0) is 48.7 Å². The first-order chi connectivity index (χ1) is 12.7. The van der Waals surface area contributed by atoms with Gasteiger partial charge in [0.05, 0.1) is 23.4 Å². The fourth-order valence-electron chi connectivity index (χ4n) is 2.66. The second-order valence-electron chi connectivity index (χ2n) is 6.03. The molecule has 1 amide bonds. The van der Waals surface area contributed by atoms with Gasteiger partial charge in [0.25, 0.3) is 0 Å². The minimum absolute atomic E-state index is 0.00205. The van der Waals surface area contributed by atoms with Crippen LogP contribution in [0, 0.1) is 11.3 Å². The molecule has 26 heavy (non-hydrogen) atoms. The van der Waals surface area contributed by atoms with Crippen molar-refractivity contribution in [3.05, 3.63) is 77.9 Å². The van der Waals surface area contributed by atoms with Crippen LogP contribution in [0.5, 0.6) is 0 Å². The highest BCUT2D eigenvalue weighted by Gasteiger charge is 2.10. The summed E-state index contributed by atoms with van der Waals surface area (Å²) in [6, 6.07) is 17.2. The van der Waals surface area contributed by atoms with Crippen LogP contribution in [-0.2, 0) is 11.2 Å². The van der Waals surface area contributed by atoms with Crippen molar-refractivity contribution in [2.45, 2.75) is 25.8 Å². The number of aryl methyl sites for hydroxylation is 1. The lowest BCUT2D eigenvalue weighted by Gasteiger charge is -2.15. The summed E-state index contributed by atoms with van der Waals surface area (Å²) in [5.41, 5.74) is 3.62. The van der Waals surface area contributed by atoms with Crippen LogP contribution >= 0.6 is 0 Å². The van der Waals surface area contributed by atoms with Crippen molar-refractivity contribution < 1.29 is 4.79 Å². The largest absolute Gasteiger partial charge is 0.350 e. The third-order valence-corrected chi connectivity index (χ3v) is 4.18. The van der Waals surface area contributed by atoms with Gasteiger partial charge in [0, 0.05) is 6.42 Å². The van der Waals surface area contributed by atoms with Gasteiger partial charge in [0.1, 0.15) is 12.7 Å². The van der Waals surface area contributed by atoms with Crippen LogP contribution in [0.1, 0.15) is 36.1 Å². The number of aromatic nitrogens is 3. The average Bonchev–Trinajstić information content (AvgIpc) is 3.21. The maximum atomic E-state index is 12.2. The van der Waals surface area contributed by atoms with E-state index in [9.17, 15) is 4.79 Å². The number of hydrogen-bond donors (Lipinski definition) is 1. The average molecular weight is 345 g/mol. The Labute approximate surface area is 152 Å². The van der Waals surface area contributed by atoms with E-state index in [1.54, 1.807) is 23.1 Å². The minimum Gasteiger partial charge on any atom is -0.350 e. The molecule has 0 bridgehead atoms. The number of amides is 1. The van der Waals surface area contributed by atoms with Crippen LogP contribution in [0.4, 0.5) is 0 Å². The molecule has 2 aromatic carbocycles. The molecule has 1 aromatic heterocycles. The quantitative estimate of drug-likeness (QED) is 0.744. The zero-order valence-corrected chi connectivity index (χ0v) is 14.5. The van der Waals surface area contributed by atoms with Crippen molar-refractivity contribution in [1.29, 1.82) is 5.26 Å². The van der Waals surface area contributed by atoms with E-state index in [0.717, 1.165) is 16.8 Å². The van der Waals surface area contributed by atoms with Gasteiger partial charge in [0.2, 0.25) is 5.91 Å². The summed E-state index contributed by atoms with van der Waals surface area (Å²) >= 11 is 0. The lowest BCUT2D eigenvalue weighted by atomic mass is 10.1. The number of benzene rings is 2. The summed E-state index contributed by atoms with van der Waals surface area (Å²) < 4.78 is 1.69. The van der Waals surface area contributed by atoms with Gasteiger partial charge in [-0.2, -0.15) is 10.4 Å². The first kappa shape index (κ1) is 17.4. The third-order valence-electron chi connectivity index (χ3n) is 4.18. The molecular formula is C20H19N5O. The molecule has 0 aliphatic rings. The van der Waals surface area contributed by atoms with E-state index >= 15 is 0 Å². The number of nitrogens with zero attached hydrogens (tertiary/aromatic N) is 4. The lowest BCUT2D eigenvalue weighted by Crippen LogP contribution is -2.26. The summed E-state index contributed by atoms with van der Waals surface area (Å²) in [5, 5.41) is 15.9. The first-order valence-electron chi connectivity index (χ1n) is 8.39. The molecule has 0 spiro atoms. The second kappa shape index (κ2) is 8.08. The lowest BCUT2D eigenvalue weighted by molar-refractivity contribution is -0.121. The van der Waals surface area contributed by atoms with E-state index in [1.807, 2.05) is 43.3 Å². The van der Waals surface area contributed by atoms with Gasteiger partial charge in [-0.25, -0.2) is 9.67 Å². The highest BCUT2D eigenvalue weighted by atomic mass is 16.1. The Morgan fingerprint density at radius 3 is 2.54 bits per heavy atom. The van der Waals surface area contributed by atoms with Crippen LogP contribution in [0.25, 0.3) is 5.69 Å². The molecule has 0 aliphatic heterocycles. The van der Waals surface area contributed by atoms with E-state index in [-0.39, 0.29) is 11.9 Å². The number of hydrogen-bond acceptors (Lipinski definition) is 4. The zero-order chi connectivity index (χ0) is 18.4. The van der Waals surface area contributed by atoms with Crippen molar-refractivity contribution in [3.63, 3.8) is 0 Å². The van der Waals surface area contributed by atoms with Crippen molar-refractivity contribution in [2.75, 3.05) is 0 Å².